The second-order valence-electron chi connectivity index (χ2n) is 6.41. The highest BCUT2D eigenvalue weighted by Crippen LogP contribution is 2.44. The number of aliphatic imine (C=N–C) groups is 1. The molecule has 0 amide bonds. The third-order valence-corrected chi connectivity index (χ3v) is 4.58. The Hall–Kier alpha value is -2.47. The number of ketones is 1. The van der Waals surface area contributed by atoms with Crippen molar-refractivity contribution in [3.8, 4) is 0 Å². The zero-order valence-corrected chi connectivity index (χ0v) is 13.1. The Kier molecular flexibility index (Phi) is 4.49. The Labute approximate surface area is 139 Å². The number of carboxylic acid groups (broad SMARTS) is 1. The number of rotatable bonds is 5. The van der Waals surface area contributed by atoms with E-state index >= 15 is 0 Å². The molecule has 0 radical (unpaired) electrons. The molecule has 0 aliphatic heterocycles. The molecule has 0 aromatic heterocycles. The molecular formula is C18H20N2O4. The van der Waals surface area contributed by atoms with E-state index in [9.17, 15) is 14.7 Å². The third-order valence-electron chi connectivity index (χ3n) is 4.58. The van der Waals surface area contributed by atoms with Gasteiger partial charge in [-0.25, -0.2) is 0 Å². The molecule has 6 nitrogen and oxygen atoms in total. The molecular weight excluding hydrogens is 308 g/mol. The number of nitrogens with zero attached hydrogens (tertiary/aromatic N) is 1. The molecule has 2 aliphatic carbocycles. The highest BCUT2D eigenvalue weighted by atomic mass is 16.4. The lowest BCUT2D eigenvalue weighted by atomic mass is 9.85. The summed E-state index contributed by atoms with van der Waals surface area (Å²) in [6, 6.07) is 9.05. The average molecular weight is 328 g/mol. The van der Waals surface area contributed by atoms with E-state index in [0.717, 1.165) is 12.5 Å². The molecule has 0 bridgehead atoms. The molecule has 0 unspecified atom stereocenters. The maximum Gasteiger partial charge on any atom is 0.320 e. The molecule has 1 fully saturated rings. The van der Waals surface area contributed by atoms with E-state index in [1.54, 1.807) is 0 Å². The number of nitrogens with two attached hydrogens (primary N) is 1. The lowest BCUT2D eigenvalue weighted by Gasteiger charge is -2.21. The Morgan fingerprint density at radius 3 is 2.71 bits per heavy atom. The number of allylic oxidation sites excluding steroid dienone is 2. The number of aliphatic carboxylic acids is 1. The number of hydrogen-bond donors (Lipinski definition) is 3. The van der Waals surface area contributed by atoms with Crippen LogP contribution in [0.5, 0.6) is 0 Å². The normalized spacial score (nSPS) is 29.2. The number of carbonyl (C=O) groups excluding carboxylic acids is 1. The predicted octanol–water partition coefficient (Wildman–Crippen LogP) is 1.82. The second kappa shape index (κ2) is 6.57. The van der Waals surface area contributed by atoms with Gasteiger partial charge in [-0.1, -0.05) is 30.3 Å². The average Bonchev–Trinajstić information content (AvgIpc) is 3.32. The van der Waals surface area contributed by atoms with E-state index < -0.39 is 17.9 Å². The standard InChI is InChI=1S/C18H20N2O4/c19-13(18(23)24)6-11-7-15(17(22)9-16(11)21)20-14-8-12(14)10-4-2-1-3-5-10/h1-5,9,11-14,22H,6-8,19H2,(H,23,24)/t11-,12-,13-,14-/m0/s1. The molecule has 4 atom stereocenters. The van der Waals surface area contributed by atoms with E-state index in [-0.39, 0.29) is 30.4 Å². The SMILES string of the molecule is N[C@@H](C[C@H]1CC(=N[C@H]2C[C@H]2c2ccccc2)C(O)=CC1=O)C(=O)O. The summed E-state index contributed by atoms with van der Waals surface area (Å²) in [5, 5.41) is 18.9. The molecule has 3 rings (SSSR count). The smallest absolute Gasteiger partial charge is 0.320 e. The third kappa shape index (κ3) is 3.54. The summed E-state index contributed by atoms with van der Waals surface area (Å²) in [5.41, 5.74) is 7.21. The number of carboxylic acids is 1. The van der Waals surface area contributed by atoms with Crippen LogP contribution in [0.2, 0.25) is 0 Å². The lowest BCUT2D eigenvalue weighted by Crippen LogP contribution is -2.36. The summed E-state index contributed by atoms with van der Waals surface area (Å²) < 4.78 is 0. The quantitative estimate of drug-likeness (QED) is 0.763. The van der Waals surface area contributed by atoms with Crippen molar-refractivity contribution in [3.63, 3.8) is 0 Å². The minimum Gasteiger partial charge on any atom is -0.506 e. The highest BCUT2D eigenvalue weighted by Gasteiger charge is 2.39. The first kappa shape index (κ1) is 16.4. The molecule has 0 spiro atoms. The van der Waals surface area contributed by atoms with E-state index in [1.165, 1.54) is 5.56 Å². The van der Waals surface area contributed by atoms with Gasteiger partial charge in [0.05, 0.1) is 11.8 Å². The van der Waals surface area contributed by atoms with Gasteiger partial charge in [0.25, 0.3) is 0 Å². The fourth-order valence-corrected chi connectivity index (χ4v) is 3.08. The Morgan fingerprint density at radius 1 is 1.33 bits per heavy atom. The van der Waals surface area contributed by atoms with Gasteiger partial charge in [-0.2, -0.15) is 0 Å². The van der Waals surface area contributed by atoms with Crippen molar-refractivity contribution in [2.24, 2.45) is 16.6 Å². The van der Waals surface area contributed by atoms with Gasteiger partial charge in [0.15, 0.2) is 5.78 Å². The highest BCUT2D eigenvalue weighted by molar-refractivity contribution is 6.10. The maximum absolute atomic E-state index is 12.0. The van der Waals surface area contributed by atoms with Crippen molar-refractivity contribution in [2.75, 3.05) is 0 Å². The van der Waals surface area contributed by atoms with Crippen molar-refractivity contribution in [1.29, 1.82) is 0 Å². The van der Waals surface area contributed by atoms with Crippen LogP contribution in [0.25, 0.3) is 0 Å². The predicted molar refractivity (Wildman–Crippen MR) is 89.1 cm³/mol. The zero-order chi connectivity index (χ0) is 17.3. The van der Waals surface area contributed by atoms with Crippen molar-refractivity contribution in [2.45, 2.75) is 37.3 Å². The van der Waals surface area contributed by atoms with Crippen LogP contribution in [0.4, 0.5) is 0 Å². The molecule has 6 heteroatoms. The number of aliphatic hydroxyl groups is 1. The van der Waals surface area contributed by atoms with Crippen molar-refractivity contribution < 1.29 is 19.8 Å². The van der Waals surface area contributed by atoms with Crippen LogP contribution in [-0.4, -0.2) is 39.8 Å². The van der Waals surface area contributed by atoms with Crippen molar-refractivity contribution >= 4 is 17.5 Å². The molecule has 1 saturated carbocycles. The van der Waals surface area contributed by atoms with Gasteiger partial charge in [-0.3, -0.25) is 14.6 Å². The maximum atomic E-state index is 12.0. The number of benzene rings is 1. The van der Waals surface area contributed by atoms with E-state index in [4.69, 9.17) is 10.8 Å². The van der Waals surface area contributed by atoms with Crippen LogP contribution < -0.4 is 5.73 Å². The monoisotopic (exact) mass is 328 g/mol. The van der Waals surface area contributed by atoms with Gasteiger partial charge in [-0.15, -0.1) is 0 Å². The fourth-order valence-electron chi connectivity index (χ4n) is 3.08. The Balaban J connectivity index is 1.70. The number of hydrogen-bond acceptors (Lipinski definition) is 5. The Morgan fingerprint density at radius 2 is 2.04 bits per heavy atom. The largest absolute Gasteiger partial charge is 0.506 e. The molecule has 2 aliphatic rings. The van der Waals surface area contributed by atoms with Gasteiger partial charge >= 0.3 is 5.97 Å². The minimum atomic E-state index is -1.13. The van der Waals surface area contributed by atoms with Gasteiger partial charge in [-0.05, 0) is 18.4 Å². The summed E-state index contributed by atoms with van der Waals surface area (Å²) >= 11 is 0. The summed E-state index contributed by atoms with van der Waals surface area (Å²) in [4.78, 5) is 27.4. The first-order valence-corrected chi connectivity index (χ1v) is 8.00. The van der Waals surface area contributed by atoms with E-state index in [2.05, 4.69) is 17.1 Å². The Bertz CT molecular complexity index is 711. The zero-order valence-electron chi connectivity index (χ0n) is 13.1. The molecule has 1 aromatic rings. The van der Waals surface area contributed by atoms with Crippen molar-refractivity contribution in [1.82, 2.24) is 0 Å². The van der Waals surface area contributed by atoms with Crippen molar-refractivity contribution in [3.05, 3.63) is 47.7 Å². The van der Waals surface area contributed by atoms with Crippen LogP contribution in [0.3, 0.4) is 0 Å². The molecule has 126 valence electrons. The lowest BCUT2D eigenvalue weighted by molar-refractivity contribution is -0.139. The number of aliphatic hydroxyl groups excluding tert-OH is 1. The minimum absolute atomic E-state index is 0.0454. The summed E-state index contributed by atoms with van der Waals surface area (Å²) in [6.45, 7) is 0. The van der Waals surface area contributed by atoms with E-state index in [1.807, 2.05) is 18.2 Å². The van der Waals surface area contributed by atoms with Gasteiger partial charge < -0.3 is 15.9 Å². The number of carbonyl (C=O) groups is 2. The van der Waals surface area contributed by atoms with Crippen LogP contribution in [0.15, 0.2) is 47.2 Å². The van der Waals surface area contributed by atoms with Gasteiger partial charge in [0.1, 0.15) is 11.8 Å². The summed E-state index contributed by atoms with van der Waals surface area (Å²) in [6.07, 6.45) is 2.33. The first-order chi connectivity index (χ1) is 11.5. The first-order valence-electron chi connectivity index (χ1n) is 8.00. The van der Waals surface area contributed by atoms with Crippen LogP contribution in [0.1, 0.15) is 30.7 Å². The van der Waals surface area contributed by atoms with Crippen LogP contribution >= 0.6 is 0 Å². The fraction of sp³-hybridized carbons (Fsp3) is 0.389. The molecule has 24 heavy (non-hydrogen) atoms. The molecule has 0 saturated heterocycles. The van der Waals surface area contributed by atoms with Gasteiger partial charge in [0.2, 0.25) is 0 Å². The second-order valence-corrected chi connectivity index (χ2v) is 6.41. The summed E-state index contributed by atoms with van der Waals surface area (Å²) in [5.74, 6) is -1.74. The van der Waals surface area contributed by atoms with Gasteiger partial charge in [0, 0.05) is 24.3 Å². The van der Waals surface area contributed by atoms with Crippen LogP contribution in [-0.2, 0) is 9.59 Å². The topological polar surface area (TPSA) is 113 Å². The molecule has 0 heterocycles. The molecule has 4 N–H and O–H groups in total. The van der Waals surface area contributed by atoms with Crippen LogP contribution in [0, 0.1) is 5.92 Å². The summed E-state index contributed by atoms with van der Waals surface area (Å²) in [7, 11) is 0. The molecule has 1 aromatic carbocycles. The van der Waals surface area contributed by atoms with E-state index in [0.29, 0.717) is 11.6 Å².